The number of rotatable bonds is 6. The van der Waals surface area contributed by atoms with E-state index in [9.17, 15) is 19.7 Å². The number of hydrogen-bond acceptors (Lipinski definition) is 6. The minimum atomic E-state index is -0.728. The summed E-state index contributed by atoms with van der Waals surface area (Å²) in [5.74, 6) is -0.535. The highest BCUT2D eigenvalue weighted by molar-refractivity contribution is 6.02. The van der Waals surface area contributed by atoms with Gasteiger partial charge in [-0.25, -0.2) is 9.48 Å². The summed E-state index contributed by atoms with van der Waals surface area (Å²) in [7, 11) is 0. The lowest BCUT2D eigenvalue weighted by Gasteiger charge is -2.15. The number of hydrogen-bond donors (Lipinski definition) is 0. The van der Waals surface area contributed by atoms with Gasteiger partial charge in [0, 0.05) is 24.1 Å². The summed E-state index contributed by atoms with van der Waals surface area (Å²) in [6, 6.07) is 12.7. The second-order valence-electron chi connectivity index (χ2n) is 7.17. The average Bonchev–Trinajstić information content (AvgIpc) is 2.69. The van der Waals surface area contributed by atoms with Crippen molar-refractivity contribution >= 4 is 22.4 Å². The number of non-ortho nitro benzene ring substituents is 1. The Bertz CT molecular complexity index is 1140. The van der Waals surface area contributed by atoms with Crippen molar-refractivity contribution < 1.29 is 14.5 Å². The molecule has 0 radical (unpaired) electrons. The number of carbonyl (C=O) groups excluding carboxylic acids is 1. The summed E-state index contributed by atoms with van der Waals surface area (Å²) < 4.78 is 6.81. The number of esters is 1. The van der Waals surface area contributed by atoms with Crippen LogP contribution >= 0.6 is 0 Å². The molecule has 3 aromatic rings. The van der Waals surface area contributed by atoms with Gasteiger partial charge in [-0.05, 0) is 24.5 Å². The molecule has 29 heavy (non-hydrogen) atoms. The zero-order valence-corrected chi connectivity index (χ0v) is 16.4. The zero-order valence-electron chi connectivity index (χ0n) is 16.4. The summed E-state index contributed by atoms with van der Waals surface area (Å²) in [6.07, 6.45) is -0.728. The molecule has 0 N–H and O–H groups in total. The molecule has 0 amide bonds. The van der Waals surface area contributed by atoms with Crippen molar-refractivity contribution in [2.75, 3.05) is 0 Å². The maximum Gasteiger partial charge on any atom is 0.360 e. The molecule has 1 atom stereocenters. The van der Waals surface area contributed by atoms with Crippen LogP contribution < -0.4 is 5.56 Å². The predicted octanol–water partition coefficient (Wildman–Crippen LogP) is 3.88. The molecule has 0 aliphatic rings. The van der Waals surface area contributed by atoms with Crippen molar-refractivity contribution in [2.24, 2.45) is 5.92 Å². The summed E-state index contributed by atoms with van der Waals surface area (Å²) in [6.45, 7) is 5.89. The van der Waals surface area contributed by atoms with Gasteiger partial charge in [0.1, 0.15) is 6.10 Å². The van der Waals surface area contributed by atoms with Crippen LogP contribution in [0.4, 0.5) is 5.69 Å². The van der Waals surface area contributed by atoms with Crippen LogP contribution in [0.15, 0.2) is 53.3 Å². The maximum absolute atomic E-state index is 12.9. The number of nitro benzene ring substituents is 1. The average molecular weight is 395 g/mol. The third-order valence-corrected chi connectivity index (χ3v) is 4.43. The number of carbonyl (C=O) groups is 1. The van der Waals surface area contributed by atoms with E-state index in [-0.39, 0.29) is 22.9 Å². The largest absolute Gasteiger partial charge is 0.453 e. The molecule has 3 rings (SSSR count). The van der Waals surface area contributed by atoms with Crippen molar-refractivity contribution in [3.63, 3.8) is 0 Å². The van der Waals surface area contributed by atoms with E-state index in [1.165, 1.54) is 22.9 Å². The first-order valence-corrected chi connectivity index (χ1v) is 9.23. The molecule has 2 aromatic carbocycles. The minimum Gasteiger partial charge on any atom is -0.453 e. The molecule has 0 aliphatic heterocycles. The van der Waals surface area contributed by atoms with Crippen molar-refractivity contribution in [2.45, 2.75) is 33.4 Å². The number of ether oxygens (including phenoxy) is 1. The molecular weight excluding hydrogens is 374 g/mol. The smallest absolute Gasteiger partial charge is 0.360 e. The van der Waals surface area contributed by atoms with Gasteiger partial charge in [0.05, 0.1) is 10.3 Å². The molecule has 1 aromatic heterocycles. The highest BCUT2D eigenvalue weighted by atomic mass is 16.6. The van der Waals surface area contributed by atoms with Crippen LogP contribution in [0.5, 0.6) is 0 Å². The van der Waals surface area contributed by atoms with Crippen molar-refractivity contribution in [1.82, 2.24) is 9.78 Å². The molecule has 0 unspecified atom stereocenters. The molecule has 8 heteroatoms. The summed E-state index contributed by atoms with van der Waals surface area (Å²) in [5, 5.41) is 16.0. The Balaban J connectivity index is 1.98. The van der Waals surface area contributed by atoms with Gasteiger partial charge in [0.25, 0.3) is 11.2 Å². The van der Waals surface area contributed by atoms with Crippen LogP contribution in [0.1, 0.15) is 42.9 Å². The van der Waals surface area contributed by atoms with E-state index in [0.717, 1.165) is 0 Å². The number of nitro groups is 1. The topological polar surface area (TPSA) is 104 Å². The monoisotopic (exact) mass is 395 g/mol. The molecule has 0 bridgehead atoms. The van der Waals surface area contributed by atoms with Crippen molar-refractivity contribution in [3.05, 3.63) is 80.3 Å². The Kier molecular flexibility index (Phi) is 5.72. The highest BCUT2D eigenvalue weighted by Gasteiger charge is 2.21. The van der Waals surface area contributed by atoms with Gasteiger partial charge in [-0.1, -0.05) is 44.2 Å². The SMILES string of the molecule is CC(C)Cn1nc(C(=O)O[C@H](C)c2cccc([N+](=O)[O-])c2)c2ccccc2c1=O. The Labute approximate surface area is 166 Å². The first kappa shape index (κ1) is 20.2. The normalized spacial score (nSPS) is 12.1. The lowest BCUT2D eigenvalue weighted by Crippen LogP contribution is -2.28. The van der Waals surface area contributed by atoms with Crippen LogP contribution in [0.2, 0.25) is 0 Å². The Morgan fingerprint density at radius 1 is 1.14 bits per heavy atom. The molecule has 0 saturated heterocycles. The Morgan fingerprint density at radius 3 is 2.48 bits per heavy atom. The molecule has 0 fully saturated rings. The van der Waals surface area contributed by atoms with Gasteiger partial charge in [-0.3, -0.25) is 14.9 Å². The summed E-state index contributed by atoms with van der Waals surface area (Å²) in [5.41, 5.74) is 0.183. The first-order chi connectivity index (χ1) is 13.8. The fraction of sp³-hybridized carbons (Fsp3) is 0.286. The molecule has 0 saturated carbocycles. The molecule has 150 valence electrons. The fourth-order valence-electron chi connectivity index (χ4n) is 3.03. The molecule has 0 spiro atoms. The molecule has 0 aliphatic carbocycles. The Morgan fingerprint density at radius 2 is 1.83 bits per heavy atom. The van der Waals surface area contributed by atoms with E-state index in [4.69, 9.17) is 4.74 Å². The molecule has 8 nitrogen and oxygen atoms in total. The van der Waals surface area contributed by atoms with E-state index < -0.39 is 17.0 Å². The molecular formula is C21H21N3O5. The number of benzene rings is 2. The minimum absolute atomic E-state index is 0.0399. The predicted molar refractivity (Wildman–Crippen MR) is 108 cm³/mol. The highest BCUT2D eigenvalue weighted by Crippen LogP contribution is 2.24. The lowest BCUT2D eigenvalue weighted by molar-refractivity contribution is -0.385. The van der Waals surface area contributed by atoms with Gasteiger partial charge in [0.2, 0.25) is 0 Å². The van der Waals surface area contributed by atoms with E-state index in [1.54, 1.807) is 37.3 Å². The van der Waals surface area contributed by atoms with Crippen LogP contribution in [-0.4, -0.2) is 20.7 Å². The van der Waals surface area contributed by atoms with E-state index in [2.05, 4.69) is 5.10 Å². The summed E-state index contributed by atoms with van der Waals surface area (Å²) >= 11 is 0. The van der Waals surface area contributed by atoms with Gasteiger partial charge < -0.3 is 4.74 Å². The second kappa shape index (κ2) is 8.22. The van der Waals surface area contributed by atoms with Gasteiger partial charge in [-0.15, -0.1) is 0 Å². The zero-order chi connectivity index (χ0) is 21.1. The van der Waals surface area contributed by atoms with Crippen LogP contribution in [-0.2, 0) is 11.3 Å². The fourth-order valence-corrected chi connectivity index (χ4v) is 3.03. The number of aromatic nitrogens is 2. The number of nitrogens with zero attached hydrogens (tertiary/aromatic N) is 3. The number of fused-ring (bicyclic) bond motifs is 1. The van der Waals surface area contributed by atoms with Gasteiger partial charge >= 0.3 is 5.97 Å². The second-order valence-corrected chi connectivity index (χ2v) is 7.17. The summed E-state index contributed by atoms with van der Waals surface area (Å²) in [4.78, 5) is 36.0. The third kappa shape index (κ3) is 4.31. The van der Waals surface area contributed by atoms with Gasteiger partial charge in [0.15, 0.2) is 5.69 Å². The van der Waals surface area contributed by atoms with Crippen molar-refractivity contribution in [1.29, 1.82) is 0 Å². The standard InChI is InChI=1S/C21H21N3O5/c1-13(2)12-23-20(25)18-10-5-4-9-17(18)19(22-23)21(26)29-14(3)15-7-6-8-16(11-15)24(27)28/h4-11,13-14H,12H2,1-3H3/t14-/m1/s1. The third-order valence-electron chi connectivity index (χ3n) is 4.43. The Hall–Kier alpha value is -3.55. The van der Waals surface area contributed by atoms with Crippen LogP contribution in [0.3, 0.4) is 0 Å². The van der Waals surface area contributed by atoms with Gasteiger partial charge in [-0.2, -0.15) is 5.10 Å². The quantitative estimate of drug-likeness (QED) is 0.356. The van der Waals surface area contributed by atoms with E-state index >= 15 is 0 Å². The maximum atomic E-state index is 12.9. The van der Waals surface area contributed by atoms with E-state index in [0.29, 0.717) is 22.9 Å². The van der Waals surface area contributed by atoms with Crippen LogP contribution in [0, 0.1) is 16.0 Å². The first-order valence-electron chi connectivity index (χ1n) is 9.23. The molecule has 1 heterocycles. The van der Waals surface area contributed by atoms with E-state index in [1.807, 2.05) is 13.8 Å². The lowest BCUT2D eigenvalue weighted by atomic mass is 10.1. The van der Waals surface area contributed by atoms with Crippen LogP contribution in [0.25, 0.3) is 10.8 Å². The van der Waals surface area contributed by atoms with Crippen molar-refractivity contribution in [3.8, 4) is 0 Å².